The maximum absolute atomic E-state index is 8.80. The third-order valence-corrected chi connectivity index (χ3v) is 4.83. The van der Waals surface area contributed by atoms with Gasteiger partial charge >= 0.3 is 0 Å². The molecule has 1 aliphatic rings. The van der Waals surface area contributed by atoms with Crippen LogP contribution in [0, 0.1) is 0 Å². The molecule has 0 bridgehead atoms. The number of anilines is 2. The first-order valence-corrected chi connectivity index (χ1v) is 8.95. The highest BCUT2D eigenvalue weighted by Crippen LogP contribution is 2.31. The van der Waals surface area contributed by atoms with E-state index in [1.54, 1.807) is 11.8 Å². The topological polar surface area (TPSA) is 93.3 Å². The Hall–Kier alpha value is -0.760. The Labute approximate surface area is 140 Å². The number of halogens is 1. The fourth-order valence-corrected chi connectivity index (χ4v) is 3.34. The summed E-state index contributed by atoms with van der Waals surface area (Å²) in [5, 5.41) is 13.1. The molecule has 0 spiro atoms. The largest absolute Gasteiger partial charge is 0.394 e. The van der Waals surface area contributed by atoms with E-state index in [-0.39, 0.29) is 18.8 Å². The molecule has 1 aliphatic carbocycles. The van der Waals surface area contributed by atoms with Gasteiger partial charge in [0, 0.05) is 11.8 Å². The van der Waals surface area contributed by atoms with Crippen LogP contribution in [-0.4, -0.2) is 46.2 Å². The Kier molecular flexibility index (Phi) is 7.01. The van der Waals surface area contributed by atoms with Gasteiger partial charge in [-0.3, -0.25) is 0 Å². The van der Waals surface area contributed by atoms with Gasteiger partial charge in [-0.1, -0.05) is 30.3 Å². The average Bonchev–Trinajstić information content (AvgIpc) is 2.95. The number of nitrogens with one attached hydrogen (secondary N) is 1. The van der Waals surface area contributed by atoms with Crippen LogP contribution in [0.3, 0.4) is 0 Å². The second-order valence-electron chi connectivity index (χ2n) is 5.28. The predicted molar refractivity (Wildman–Crippen MR) is 90.6 cm³/mol. The minimum atomic E-state index is 0.0566. The number of nitrogens with two attached hydrogens (primary N) is 1. The summed E-state index contributed by atoms with van der Waals surface area (Å²) in [6, 6.07) is 0.251. The number of aliphatic hydroxyl groups is 1. The number of nitrogens with zero attached hydrogens (tertiary/aromatic N) is 2. The second-order valence-corrected chi connectivity index (χ2v) is 6.70. The highest BCUT2D eigenvalue weighted by molar-refractivity contribution is 7.99. The van der Waals surface area contributed by atoms with Crippen LogP contribution in [-0.2, 0) is 4.74 Å². The van der Waals surface area contributed by atoms with E-state index in [9.17, 15) is 0 Å². The molecule has 0 radical (unpaired) electrons. The van der Waals surface area contributed by atoms with Gasteiger partial charge < -0.3 is 20.9 Å². The zero-order valence-corrected chi connectivity index (χ0v) is 14.3. The molecule has 2 atom stereocenters. The molecule has 0 saturated heterocycles. The smallest absolute Gasteiger partial charge is 0.191 e. The summed E-state index contributed by atoms with van der Waals surface area (Å²) in [7, 11) is 0. The zero-order chi connectivity index (χ0) is 15.9. The Morgan fingerprint density at radius 1 is 1.45 bits per heavy atom. The van der Waals surface area contributed by atoms with Crippen LogP contribution in [0.4, 0.5) is 11.5 Å². The Bertz CT molecular complexity index is 492. The van der Waals surface area contributed by atoms with E-state index in [4.69, 9.17) is 27.2 Å². The van der Waals surface area contributed by atoms with Gasteiger partial charge in [0.25, 0.3) is 0 Å². The van der Waals surface area contributed by atoms with Gasteiger partial charge in [0.1, 0.15) is 5.69 Å². The van der Waals surface area contributed by atoms with Crippen molar-refractivity contribution in [3.8, 4) is 0 Å². The Morgan fingerprint density at radius 2 is 2.27 bits per heavy atom. The van der Waals surface area contributed by atoms with Crippen molar-refractivity contribution in [2.75, 3.05) is 30.0 Å². The number of nitrogen functional groups attached to an aromatic ring is 1. The molecule has 6 nitrogen and oxygen atoms in total. The van der Waals surface area contributed by atoms with Crippen LogP contribution in [0.25, 0.3) is 0 Å². The summed E-state index contributed by atoms with van der Waals surface area (Å²) in [5.41, 5.74) is 6.37. The Balaban J connectivity index is 1.98. The number of rotatable bonds is 8. The molecule has 0 amide bonds. The van der Waals surface area contributed by atoms with Gasteiger partial charge in [0.15, 0.2) is 16.1 Å². The van der Waals surface area contributed by atoms with Crippen molar-refractivity contribution in [3.63, 3.8) is 0 Å². The van der Waals surface area contributed by atoms with Crippen molar-refractivity contribution in [1.82, 2.24) is 9.97 Å². The first kappa shape index (κ1) is 17.6. The van der Waals surface area contributed by atoms with Gasteiger partial charge in [-0.15, -0.1) is 0 Å². The molecule has 22 heavy (non-hydrogen) atoms. The quantitative estimate of drug-likeness (QED) is 0.378. The third-order valence-electron chi connectivity index (χ3n) is 3.48. The molecule has 1 aromatic rings. The summed E-state index contributed by atoms with van der Waals surface area (Å²) >= 11 is 7.67. The van der Waals surface area contributed by atoms with E-state index in [1.165, 1.54) is 0 Å². The molecule has 1 saturated carbocycles. The van der Waals surface area contributed by atoms with Crippen molar-refractivity contribution in [2.45, 2.75) is 49.9 Å². The van der Waals surface area contributed by atoms with E-state index in [0.717, 1.165) is 31.4 Å². The Morgan fingerprint density at radius 3 is 3.00 bits per heavy atom. The molecule has 0 aliphatic heterocycles. The van der Waals surface area contributed by atoms with Crippen LogP contribution >= 0.6 is 23.4 Å². The van der Waals surface area contributed by atoms with E-state index < -0.39 is 0 Å². The van der Waals surface area contributed by atoms with Gasteiger partial charge in [0.05, 0.1) is 19.3 Å². The molecule has 8 heteroatoms. The van der Waals surface area contributed by atoms with Crippen LogP contribution < -0.4 is 11.1 Å². The second kappa shape index (κ2) is 8.76. The van der Waals surface area contributed by atoms with E-state index in [0.29, 0.717) is 28.4 Å². The molecular weight excluding hydrogens is 324 g/mol. The third kappa shape index (κ3) is 4.87. The lowest BCUT2D eigenvalue weighted by Crippen LogP contribution is -2.20. The minimum absolute atomic E-state index is 0.0566. The normalized spacial score (nSPS) is 21.2. The molecule has 2 rings (SSSR count). The first-order valence-electron chi connectivity index (χ1n) is 7.58. The molecule has 1 heterocycles. The molecule has 1 fully saturated rings. The number of hydrogen-bond donors (Lipinski definition) is 3. The molecule has 1 unspecified atom stereocenters. The van der Waals surface area contributed by atoms with Crippen molar-refractivity contribution in [3.05, 3.63) is 5.15 Å². The van der Waals surface area contributed by atoms with Gasteiger partial charge in [-0.05, 0) is 25.7 Å². The van der Waals surface area contributed by atoms with Gasteiger partial charge in [-0.2, -0.15) is 0 Å². The summed E-state index contributed by atoms with van der Waals surface area (Å²) in [6.45, 7) is 2.55. The lowest BCUT2D eigenvalue weighted by molar-refractivity contribution is 0.0326. The molecule has 124 valence electrons. The highest BCUT2D eigenvalue weighted by atomic mass is 35.5. The summed E-state index contributed by atoms with van der Waals surface area (Å²) < 4.78 is 5.57. The van der Waals surface area contributed by atoms with Gasteiger partial charge in [-0.25, -0.2) is 9.97 Å². The van der Waals surface area contributed by atoms with Crippen LogP contribution in [0.15, 0.2) is 5.16 Å². The number of thioether (sulfide) groups is 1. The standard InChI is InChI=1S/C14H23ClN4O2S/c1-2-7-22-14-18-12(15)11(16)13(19-14)17-9-3-4-10(8-9)21-6-5-20/h9-10,20H,2-8,16H2,1H3,(H,17,18,19)/t9?,10-/m1/s1. The SMILES string of the molecule is CCCSc1nc(Cl)c(N)c(NC2CC[C@@H](OCCO)C2)n1. The van der Waals surface area contributed by atoms with E-state index >= 15 is 0 Å². The summed E-state index contributed by atoms with van der Waals surface area (Å²) in [4.78, 5) is 8.67. The van der Waals surface area contributed by atoms with Crippen LogP contribution in [0.5, 0.6) is 0 Å². The highest BCUT2D eigenvalue weighted by Gasteiger charge is 2.26. The molecule has 0 aromatic carbocycles. The lowest BCUT2D eigenvalue weighted by atomic mass is 10.2. The van der Waals surface area contributed by atoms with Gasteiger partial charge in [0.2, 0.25) is 0 Å². The maximum Gasteiger partial charge on any atom is 0.191 e. The number of ether oxygens (including phenoxy) is 1. The van der Waals surface area contributed by atoms with Crippen LogP contribution in [0.2, 0.25) is 5.15 Å². The van der Waals surface area contributed by atoms with Crippen molar-refractivity contribution < 1.29 is 9.84 Å². The zero-order valence-electron chi connectivity index (χ0n) is 12.7. The lowest BCUT2D eigenvalue weighted by Gasteiger charge is -2.16. The number of aliphatic hydroxyl groups excluding tert-OH is 1. The monoisotopic (exact) mass is 346 g/mol. The number of hydrogen-bond acceptors (Lipinski definition) is 7. The molecular formula is C14H23ClN4O2S. The van der Waals surface area contributed by atoms with Crippen molar-refractivity contribution in [2.24, 2.45) is 0 Å². The molecule has 4 N–H and O–H groups in total. The first-order chi connectivity index (χ1) is 10.6. The summed E-state index contributed by atoms with van der Waals surface area (Å²) in [5.74, 6) is 1.55. The van der Waals surface area contributed by atoms with E-state index in [1.807, 2.05) is 0 Å². The maximum atomic E-state index is 8.80. The van der Waals surface area contributed by atoms with Crippen LogP contribution in [0.1, 0.15) is 32.6 Å². The number of aromatic nitrogens is 2. The van der Waals surface area contributed by atoms with Crippen molar-refractivity contribution >= 4 is 34.9 Å². The fraction of sp³-hybridized carbons (Fsp3) is 0.714. The predicted octanol–water partition coefficient (Wildman–Crippen LogP) is 2.56. The minimum Gasteiger partial charge on any atom is -0.394 e. The fourth-order valence-electron chi connectivity index (χ4n) is 2.43. The van der Waals surface area contributed by atoms with Crippen molar-refractivity contribution in [1.29, 1.82) is 0 Å². The molecule has 1 aromatic heterocycles. The summed E-state index contributed by atoms with van der Waals surface area (Å²) in [6.07, 6.45) is 4.05. The average molecular weight is 347 g/mol. The van der Waals surface area contributed by atoms with E-state index in [2.05, 4.69) is 22.2 Å².